The maximum atomic E-state index is 9.32. The zero-order valence-electron chi connectivity index (χ0n) is 14.3. The smallest absolute Gasteiger partial charge is 0.160 e. The Hall–Kier alpha value is -2.36. The van der Waals surface area contributed by atoms with Crippen molar-refractivity contribution in [3.63, 3.8) is 0 Å². The number of phenolic OH excluding ortho intramolecular Hbond substituents is 4. The summed E-state index contributed by atoms with van der Waals surface area (Å²) in [5, 5.41) is 36.7. The molecule has 0 aliphatic carbocycles. The molecule has 0 aliphatic heterocycles. The van der Waals surface area contributed by atoms with Gasteiger partial charge >= 0.3 is 0 Å². The molecule has 2 aromatic carbocycles. The molecule has 4 nitrogen and oxygen atoms in total. The van der Waals surface area contributed by atoms with Crippen LogP contribution < -0.4 is 0 Å². The summed E-state index contributed by atoms with van der Waals surface area (Å²) in [5.41, 5.74) is 1.80. The van der Waals surface area contributed by atoms with Crippen molar-refractivity contribution in [2.45, 2.75) is 46.0 Å². The van der Waals surface area contributed by atoms with Crippen molar-refractivity contribution in [3.8, 4) is 23.0 Å². The SMILES string of the molecule is CC(C)(C)c1ccc(O)c(O)c1.CC(C)c1cccc(O)c1O. The zero-order valence-corrected chi connectivity index (χ0v) is 14.3. The monoisotopic (exact) mass is 318 g/mol. The molecule has 0 unspecified atom stereocenters. The predicted molar refractivity (Wildman–Crippen MR) is 92.3 cm³/mol. The number of benzene rings is 2. The van der Waals surface area contributed by atoms with Gasteiger partial charge in [0.2, 0.25) is 0 Å². The summed E-state index contributed by atoms with van der Waals surface area (Å²) in [6, 6.07) is 9.92. The molecule has 0 atom stereocenters. The molecule has 0 amide bonds. The highest BCUT2D eigenvalue weighted by Gasteiger charge is 2.14. The molecule has 0 radical (unpaired) electrons. The molecular formula is C19H26O4. The first-order chi connectivity index (χ1) is 10.5. The van der Waals surface area contributed by atoms with E-state index in [0.29, 0.717) is 0 Å². The average Bonchev–Trinajstić information content (AvgIpc) is 2.44. The van der Waals surface area contributed by atoms with E-state index in [2.05, 4.69) is 20.8 Å². The van der Waals surface area contributed by atoms with Crippen molar-refractivity contribution in [2.24, 2.45) is 0 Å². The lowest BCUT2D eigenvalue weighted by Crippen LogP contribution is -2.10. The van der Waals surface area contributed by atoms with Gasteiger partial charge in [-0.2, -0.15) is 0 Å². The Morgan fingerprint density at radius 3 is 1.83 bits per heavy atom. The molecule has 0 heterocycles. The quantitative estimate of drug-likeness (QED) is 0.579. The fraction of sp³-hybridized carbons (Fsp3) is 0.368. The fourth-order valence-corrected chi connectivity index (χ4v) is 2.00. The second-order valence-electron chi connectivity index (χ2n) is 6.82. The van der Waals surface area contributed by atoms with E-state index in [9.17, 15) is 10.2 Å². The van der Waals surface area contributed by atoms with Crippen molar-refractivity contribution in [2.75, 3.05) is 0 Å². The summed E-state index contributed by atoms with van der Waals surface area (Å²) >= 11 is 0. The van der Waals surface area contributed by atoms with Crippen LogP contribution in [-0.4, -0.2) is 20.4 Å². The van der Waals surface area contributed by atoms with Crippen molar-refractivity contribution < 1.29 is 20.4 Å². The number of phenols is 4. The van der Waals surface area contributed by atoms with Gasteiger partial charge in [0.25, 0.3) is 0 Å². The predicted octanol–water partition coefficient (Wildman–Crippen LogP) is 4.62. The van der Waals surface area contributed by atoms with Gasteiger partial charge in [0.05, 0.1) is 0 Å². The van der Waals surface area contributed by atoms with E-state index in [1.807, 2.05) is 19.9 Å². The molecular weight excluding hydrogens is 292 g/mol. The highest BCUT2D eigenvalue weighted by atomic mass is 16.3. The van der Waals surface area contributed by atoms with E-state index in [1.165, 1.54) is 12.1 Å². The van der Waals surface area contributed by atoms with Gasteiger partial charge in [0.1, 0.15) is 0 Å². The second-order valence-corrected chi connectivity index (χ2v) is 6.82. The van der Waals surface area contributed by atoms with Gasteiger partial charge < -0.3 is 20.4 Å². The summed E-state index contributed by atoms with van der Waals surface area (Å²) in [6.45, 7) is 10.1. The Morgan fingerprint density at radius 2 is 1.39 bits per heavy atom. The Morgan fingerprint density at radius 1 is 0.783 bits per heavy atom. The van der Waals surface area contributed by atoms with Gasteiger partial charge in [-0.05, 0) is 35.1 Å². The van der Waals surface area contributed by atoms with Crippen LogP contribution in [0.3, 0.4) is 0 Å². The number of hydrogen-bond acceptors (Lipinski definition) is 4. The third-order valence-electron chi connectivity index (χ3n) is 3.51. The van der Waals surface area contributed by atoms with Crippen molar-refractivity contribution in [1.29, 1.82) is 0 Å². The Balaban J connectivity index is 0.000000231. The van der Waals surface area contributed by atoms with Crippen molar-refractivity contribution in [1.82, 2.24) is 0 Å². The lowest BCUT2D eigenvalue weighted by molar-refractivity contribution is 0.397. The van der Waals surface area contributed by atoms with Gasteiger partial charge in [0.15, 0.2) is 23.0 Å². The third-order valence-corrected chi connectivity index (χ3v) is 3.51. The third kappa shape index (κ3) is 5.09. The van der Waals surface area contributed by atoms with Crippen LogP contribution in [0, 0.1) is 0 Å². The van der Waals surface area contributed by atoms with Crippen LogP contribution in [0.4, 0.5) is 0 Å². The van der Waals surface area contributed by atoms with E-state index in [-0.39, 0.29) is 34.3 Å². The zero-order chi connectivity index (χ0) is 17.8. The molecule has 0 aliphatic rings. The Kier molecular flexibility index (Phi) is 5.91. The first kappa shape index (κ1) is 18.7. The van der Waals surface area contributed by atoms with E-state index in [4.69, 9.17) is 10.2 Å². The highest BCUT2D eigenvalue weighted by molar-refractivity contribution is 5.45. The minimum Gasteiger partial charge on any atom is -0.504 e. The Labute approximate surface area is 137 Å². The molecule has 0 fully saturated rings. The number of hydrogen-bond donors (Lipinski definition) is 4. The average molecular weight is 318 g/mol. The molecule has 0 saturated carbocycles. The molecule has 23 heavy (non-hydrogen) atoms. The molecule has 2 rings (SSSR count). The largest absolute Gasteiger partial charge is 0.504 e. The molecule has 4 heteroatoms. The van der Waals surface area contributed by atoms with Crippen LogP contribution in [0.2, 0.25) is 0 Å². The molecule has 126 valence electrons. The van der Waals surface area contributed by atoms with Gasteiger partial charge in [0, 0.05) is 5.56 Å². The molecule has 2 aromatic rings. The summed E-state index contributed by atoms with van der Waals surface area (Å²) in [5.74, 6) is 0.0752. The van der Waals surface area contributed by atoms with Crippen molar-refractivity contribution >= 4 is 0 Å². The highest BCUT2D eigenvalue weighted by Crippen LogP contribution is 2.33. The summed E-state index contributed by atoms with van der Waals surface area (Å²) in [4.78, 5) is 0. The van der Waals surface area contributed by atoms with Crippen molar-refractivity contribution in [3.05, 3.63) is 47.5 Å². The van der Waals surface area contributed by atoms with Gasteiger partial charge in [-0.1, -0.05) is 52.8 Å². The Bertz CT molecular complexity index is 655. The molecule has 0 bridgehead atoms. The lowest BCUT2D eigenvalue weighted by atomic mass is 9.87. The topological polar surface area (TPSA) is 80.9 Å². The van der Waals surface area contributed by atoms with Crippen LogP contribution in [0.15, 0.2) is 36.4 Å². The van der Waals surface area contributed by atoms with Crippen LogP contribution in [0.1, 0.15) is 51.7 Å². The van der Waals surface area contributed by atoms with Crippen LogP contribution in [0.5, 0.6) is 23.0 Å². The van der Waals surface area contributed by atoms with Gasteiger partial charge in [-0.25, -0.2) is 0 Å². The maximum Gasteiger partial charge on any atom is 0.160 e. The van der Waals surface area contributed by atoms with Gasteiger partial charge in [-0.3, -0.25) is 0 Å². The van der Waals surface area contributed by atoms with E-state index >= 15 is 0 Å². The molecule has 4 N–H and O–H groups in total. The fourth-order valence-electron chi connectivity index (χ4n) is 2.00. The number of rotatable bonds is 1. The van der Waals surface area contributed by atoms with Crippen LogP contribution in [0.25, 0.3) is 0 Å². The van der Waals surface area contributed by atoms with Crippen LogP contribution in [-0.2, 0) is 5.41 Å². The summed E-state index contributed by atoms with van der Waals surface area (Å²) < 4.78 is 0. The minimum absolute atomic E-state index is 0.00231. The molecule has 0 spiro atoms. The van der Waals surface area contributed by atoms with E-state index in [1.54, 1.807) is 18.2 Å². The maximum absolute atomic E-state index is 9.32. The minimum atomic E-state index is -0.0667. The first-order valence-corrected chi connectivity index (χ1v) is 7.57. The second kappa shape index (κ2) is 7.27. The molecule has 0 aromatic heterocycles. The number of aromatic hydroxyl groups is 4. The molecule has 0 saturated heterocycles. The van der Waals surface area contributed by atoms with Gasteiger partial charge in [-0.15, -0.1) is 0 Å². The summed E-state index contributed by atoms with van der Waals surface area (Å²) in [6.07, 6.45) is 0. The normalized spacial score (nSPS) is 11.0. The standard InChI is InChI=1S/C10H14O2.C9H12O2/c1-10(2,3)7-4-5-8(11)9(12)6-7;1-6(2)7-4-3-5-8(10)9(7)11/h4-6,11-12H,1-3H3;3-6,10-11H,1-2H3. The number of para-hydroxylation sites is 1. The summed E-state index contributed by atoms with van der Waals surface area (Å²) in [7, 11) is 0. The lowest BCUT2D eigenvalue weighted by Gasteiger charge is -2.19. The van der Waals surface area contributed by atoms with E-state index < -0.39 is 0 Å². The van der Waals surface area contributed by atoms with Crippen LogP contribution >= 0.6 is 0 Å². The first-order valence-electron chi connectivity index (χ1n) is 7.57. The van der Waals surface area contributed by atoms with E-state index in [0.717, 1.165) is 11.1 Å².